The number of aliphatic carboxylic acids is 2. The van der Waals surface area contributed by atoms with Crippen LogP contribution in [0.1, 0.15) is 90.4 Å². The van der Waals surface area contributed by atoms with E-state index in [-0.39, 0.29) is 0 Å². The Hall–Kier alpha value is -1.26. The molecule has 9 heteroatoms. The Morgan fingerprint density at radius 3 is 1.53 bits per heavy atom. The molecular formula is C21H41NO8. The van der Waals surface area contributed by atoms with E-state index in [1.165, 1.54) is 57.8 Å². The van der Waals surface area contributed by atoms with Crippen molar-refractivity contribution in [2.24, 2.45) is 0 Å². The predicted molar refractivity (Wildman–Crippen MR) is 112 cm³/mol. The molecule has 0 saturated carbocycles. The first kappa shape index (κ1) is 28.7. The Bertz CT molecular complexity index is 449. The lowest BCUT2D eigenvalue weighted by Gasteiger charge is -2.25. The van der Waals surface area contributed by atoms with Gasteiger partial charge in [-0.3, -0.25) is 4.84 Å². The number of aliphatic hydroxyl groups is 3. The summed E-state index contributed by atoms with van der Waals surface area (Å²) in [4.78, 5) is 26.6. The third-order valence-corrected chi connectivity index (χ3v) is 5.07. The van der Waals surface area contributed by atoms with Gasteiger partial charge in [-0.1, -0.05) is 84.0 Å². The second-order valence-electron chi connectivity index (χ2n) is 7.78. The average molecular weight is 436 g/mol. The van der Waals surface area contributed by atoms with Gasteiger partial charge in [0.05, 0.1) is 0 Å². The van der Waals surface area contributed by atoms with E-state index in [4.69, 9.17) is 15.1 Å². The highest BCUT2D eigenvalue weighted by atomic mass is 16.7. The van der Waals surface area contributed by atoms with Gasteiger partial charge in [0.15, 0.2) is 6.10 Å². The molecule has 0 aromatic heterocycles. The molecule has 0 aromatic carbocycles. The minimum Gasteiger partial charge on any atom is -0.479 e. The number of hydroxylamine groups is 1. The third-order valence-electron chi connectivity index (χ3n) is 5.07. The standard InChI is InChI=1S/C21H41NO8/c1-2-3-4-5-6-7-8-9-10-11-12-13-14-15-22-30-19(21(28)29)17(24)16(23)18(25)20(26)27/h16-19,22-25H,2-15H2,1H3,(H,26,27)(H,28,29)/t16-,17-,18-,19+/m0/s1. The van der Waals surface area contributed by atoms with Crippen molar-refractivity contribution in [3.63, 3.8) is 0 Å². The maximum absolute atomic E-state index is 11.2. The van der Waals surface area contributed by atoms with Gasteiger partial charge in [-0.25, -0.2) is 15.1 Å². The fourth-order valence-corrected chi connectivity index (χ4v) is 3.14. The SMILES string of the molecule is CCCCCCCCCCCCCCCNO[C@@H](C(=O)O)[C@@H](O)[C@H](O)[C@H](O)C(=O)O. The highest BCUT2D eigenvalue weighted by Gasteiger charge is 2.39. The van der Waals surface area contributed by atoms with Crippen LogP contribution in [0.25, 0.3) is 0 Å². The van der Waals surface area contributed by atoms with Crippen molar-refractivity contribution in [1.82, 2.24) is 5.48 Å². The van der Waals surface area contributed by atoms with Gasteiger partial charge < -0.3 is 25.5 Å². The average Bonchev–Trinajstić information content (AvgIpc) is 2.71. The maximum Gasteiger partial charge on any atom is 0.337 e. The number of aliphatic hydroxyl groups excluding tert-OH is 3. The highest BCUT2D eigenvalue weighted by Crippen LogP contribution is 2.12. The molecule has 0 aliphatic heterocycles. The second-order valence-corrected chi connectivity index (χ2v) is 7.78. The monoisotopic (exact) mass is 435 g/mol. The summed E-state index contributed by atoms with van der Waals surface area (Å²) in [6, 6.07) is 0. The van der Waals surface area contributed by atoms with Crippen LogP contribution in [0.15, 0.2) is 0 Å². The van der Waals surface area contributed by atoms with Gasteiger partial charge >= 0.3 is 11.9 Å². The lowest BCUT2D eigenvalue weighted by molar-refractivity contribution is -0.186. The van der Waals surface area contributed by atoms with Gasteiger partial charge in [0, 0.05) is 6.54 Å². The molecule has 0 unspecified atom stereocenters. The molecule has 30 heavy (non-hydrogen) atoms. The fourth-order valence-electron chi connectivity index (χ4n) is 3.14. The van der Waals surface area contributed by atoms with Gasteiger partial charge in [-0.15, -0.1) is 0 Å². The number of nitrogens with one attached hydrogen (secondary N) is 1. The minimum atomic E-state index is -2.31. The van der Waals surface area contributed by atoms with Crippen molar-refractivity contribution < 1.29 is 40.0 Å². The smallest absolute Gasteiger partial charge is 0.337 e. The van der Waals surface area contributed by atoms with Gasteiger partial charge in [0.2, 0.25) is 6.10 Å². The highest BCUT2D eigenvalue weighted by molar-refractivity contribution is 5.75. The molecule has 0 aliphatic carbocycles. The Morgan fingerprint density at radius 2 is 1.13 bits per heavy atom. The van der Waals surface area contributed by atoms with E-state index < -0.39 is 36.4 Å². The Labute approximate surface area is 179 Å². The lowest BCUT2D eigenvalue weighted by atomic mass is 10.0. The van der Waals surface area contributed by atoms with Crippen LogP contribution in [-0.2, 0) is 14.4 Å². The van der Waals surface area contributed by atoms with E-state index in [9.17, 15) is 24.9 Å². The Morgan fingerprint density at radius 1 is 0.700 bits per heavy atom. The van der Waals surface area contributed by atoms with Gasteiger partial charge in [-0.2, -0.15) is 0 Å². The normalized spacial score (nSPS) is 15.5. The van der Waals surface area contributed by atoms with Crippen LogP contribution in [0.2, 0.25) is 0 Å². The Kier molecular flexibility index (Phi) is 17.7. The predicted octanol–water partition coefficient (Wildman–Crippen LogP) is 2.22. The van der Waals surface area contributed by atoms with E-state index in [0.717, 1.165) is 25.7 Å². The summed E-state index contributed by atoms with van der Waals surface area (Å²) < 4.78 is 0. The number of unbranched alkanes of at least 4 members (excludes halogenated alkanes) is 12. The zero-order valence-electron chi connectivity index (χ0n) is 18.2. The van der Waals surface area contributed by atoms with Crippen molar-refractivity contribution >= 4 is 11.9 Å². The zero-order chi connectivity index (χ0) is 22.8. The summed E-state index contributed by atoms with van der Waals surface area (Å²) in [6.45, 7) is 2.58. The van der Waals surface area contributed by atoms with Crippen molar-refractivity contribution in [2.75, 3.05) is 6.54 Å². The number of hydrogen-bond acceptors (Lipinski definition) is 7. The minimum absolute atomic E-state index is 0.353. The third kappa shape index (κ3) is 13.9. The molecule has 0 saturated heterocycles. The summed E-state index contributed by atoms with van der Waals surface area (Å²) >= 11 is 0. The first-order chi connectivity index (χ1) is 14.3. The van der Waals surface area contributed by atoms with Crippen molar-refractivity contribution in [2.45, 2.75) is 115 Å². The van der Waals surface area contributed by atoms with Crippen LogP contribution >= 0.6 is 0 Å². The van der Waals surface area contributed by atoms with Crippen molar-refractivity contribution in [3.05, 3.63) is 0 Å². The van der Waals surface area contributed by atoms with Crippen LogP contribution in [0, 0.1) is 0 Å². The molecular weight excluding hydrogens is 394 g/mol. The quantitative estimate of drug-likeness (QED) is 0.117. The maximum atomic E-state index is 11.2. The number of rotatable bonds is 21. The fraction of sp³-hybridized carbons (Fsp3) is 0.905. The van der Waals surface area contributed by atoms with Gasteiger partial charge in [0.25, 0.3) is 0 Å². The van der Waals surface area contributed by atoms with Gasteiger partial charge in [0.1, 0.15) is 12.2 Å². The molecule has 0 radical (unpaired) electrons. The van der Waals surface area contributed by atoms with Crippen LogP contribution in [0.3, 0.4) is 0 Å². The van der Waals surface area contributed by atoms with E-state index in [2.05, 4.69) is 12.4 Å². The molecule has 6 N–H and O–H groups in total. The molecule has 0 amide bonds. The number of carbonyl (C=O) groups is 2. The summed E-state index contributed by atoms with van der Waals surface area (Å²) in [5.74, 6) is -3.36. The summed E-state index contributed by atoms with van der Waals surface area (Å²) in [5.41, 5.74) is 2.43. The topological polar surface area (TPSA) is 157 Å². The molecule has 178 valence electrons. The zero-order valence-corrected chi connectivity index (χ0v) is 18.2. The van der Waals surface area contributed by atoms with Gasteiger partial charge in [-0.05, 0) is 6.42 Å². The number of hydrogen-bond donors (Lipinski definition) is 6. The van der Waals surface area contributed by atoms with Crippen LogP contribution in [-0.4, -0.2) is 68.4 Å². The first-order valence-electron chi connectivity index (χ1n) is 11.2. The summed E-state index contributed by atoms with van der Waals surface area (Å²) in [5, 5.41) is 46.2. The second kappa shape index (κ2) is 18.5. The summed E-state index contributed by atoms with van der Waals surface area (Å²) in [7, 11) is 0. The molecule has 0 spiro atoms. The van der Waals surface area contributed by atoms with E-state index in [1.54, 1.807) is 0 Å². The summed E-state index contributed by atoms with van der Waals surface area (Å²) in [6.07, 6.45) is 7.18. The van der Waals surface area contributed by atoms with E-state index >= 15 is 0 Å². The van der Waals surface area contributed by atoms with Crippen molar-refractivity contribution in [1.29, 1.82) is 0 Å². The molecule has 0 fully saturated rings. The van der Waals surface area contributed by atoms with E-state index in [0.29, 0.717) is 6.54 Å². The molecule has 0 heterocycles. The molecule has 9 nitrogen and oxygen atoms in total. The number of carboxylic acids is 2. The molecule has 0 bridgehead atoms. The van der Waals surface area contributed by atoms with E-state index in [1.807, 2.05) is 0 Å². The van der Waals surface area contributed by atoms with Crippen molar-refractivity contribution in [3.8, 4) is 0 Å². The lowest BCUT2D eigenvalue weighted by Crippen LogP contribution is -2.52. The van der Waals surface area contributed by atoms with Crippen LogP contribution in [0.5, 0.6) is 0 Å². The molecule has 4 atom stereocenters. The molecule has 0 aliphatic rings. The Balaban J connectivity index is 3.73. The first-order valence-corrected chi connectivity index (χ1v) is 11.2. The number of carboxylic acid groups (broad SMARTS) is 2. The molecule has 0 aromatic rings. The van der Waals surface area contributed by atoms with Crippen LogP contribution in [0.4, 0.5) is 0 Å². The largest absolute Gasteiger partial charge is 0.479 e. The van der Waals surface area contributed by atoms with Crippen LogP contribution < -0.4 is 5.48 Å². The molecule has 0 rings (SSSR count).